The topological polar surface area (TPSA) is 116 Å². The van der Waals surface area contributed by atoms with Crippen LogP contribution in [0.3, 0.4) is 0 Å². The number of allylic oxidation sites excluding steroid dienone is 2. The standard InChI is InChI=1S/C24H25F2N7O/c1-3-4-15(12-33-7-5-29-6-8-33)21(28)23-17(11-27)24(31-13-30-23)34-19-10-18(25)22-16(20(19)26)9-14(2)32-22/h3-4,9-10,13,21,29,32H,1,5-8,12,28H2,2H3/b15-4-. The number of nitrogens with two attached hydrogens (primary N) is 1. The van der Waals surface area contributed by atoms with Crippen LogP contribution in [0.25, 0.3) is 10.9 Å². The van der Waals surface area contributed by atoms with Crippen LogP contribution in [-0.2, 0) is 0 Å². The second-order valence-corrected chi connectivity index (χ2v) is 8.05. The van der Waals surface area contributed by atoms with Crippen LogP contribution in [0.15, 0.2) is 42.8 Å². The fraction of sp³-hybridized carbons (Fsp3) is 0.292. The fourth-order valence-corrected chi connectivity index (χ4v) is 4.02. The summed E-state index contributed by atoms with van der Waals surface area (Å²) >= 11 is 0. The predicted molar refractivity (Wildman–Crippen MR) is 124 cm³/mol. The number of H-pyrrole nitrogens is 1. The molecule has 0 saturated carbocycles. The molecule has 0 aliphatic carbocycles. The van der Waals surface area contributed by atoms with Crippen molar-refractivity contribution in [3.63, 3.8) is 0 Å². The van der Waals surface area contributed by atoms with Gasteiger partial charge in [0.05, 0.1) is 17.3 Å². The molecule has 0 bridgehead atoms. The van der Waals surface area contributed by atoms with Crippen molar-refractivity contribution in [2.75, 3.05) is 32.7 Å². The van der Waals surface area contributed by atoms with Gasteiger partial charge in [-0.2, -0.15) is 5.26 Å². The molecular formula is C24H25F2N7O. The van der Waals surface area contributed by atoms with E-state index in [1.165, 1.54) is 12.4 Å². The lowest BCUT2D eigenvalue weighted by Gasteiger charge is -2.29. The van der Waals surface area contributed by atoms with Crippen molar-refractivity contribution in [2.24, 2.45) is 5.73 Å². The number of rotatable bonds is 7. The molecule has 1 aliphatic heterocycles. The van der Waals surface area contributed by atoms with Crippen LogP contribution in [0.4, 0.5) is 8.78 Å². The molecule has 4 rings (SSSR count). The first-order chi connectivity index (χ1) is 16.4. The summed E-state index contributed by atoms with van der Waals surface area (Å²) in [4.78, 5) is 13.2. The van der Waals surface area contributed by atoms with Crippen LogP contribution in [-0.4, -0.2) is 52.6 Å². The lowest BCUT2D eigenvalue weighted by molar-refractivity contribution is 0.256. The summed E-state index contributed by atoms with van der Waals surface area (Å²) in [7, 11) is 0. The molecule has 3 aromatic rings. The molecule has 1 aliphatic rings. The van der Waals surface area contributed by atoms with E-state index >= 15 is 4.39 Å². The second-order valence-electron chi connectivity index (χ2n) is 8.05. The maximum atomic E-state index is 15.0. The Labute approximate surface area is 195 Å². The van der Waals surface area contributed by atoms with Gasteiger partial charge in [-0.1, -0.05) is 18.7 Å². The first-order valence-corrected chi connectivity index (χ1v) is 10.8. The van der Waals surface area contributed by atoms with Gasteiger partial charge in [0.2, 0.25) is 5.88 Å². The van der Waals surface area contributed by atoms with Crippen LogP contribution < -0.4 is 15.8 Å². The number of piperazine rings is 1. The Morgan fingerprint density at radius 3 is 2.82 bits per heavy atom. The van der Waals surface area contributed by atoms with Crippen LogP contribution in [0, 0.1) is 29.9 Å². The largest absolute Gasteiger partial charge is 0.434 e. The molecule has 1 aromatic carbocycles. The number of aryl methyl sites for hydroxylation is 1. The van der Waals surface area contributed by atoms with Gasteiger partial charge in [-0.05, 0) is 18.6 Å². The number of benzene rings is 1. The molecule has 176 valence electrons. The number of nitrogens with one attached hydrogen (secondary N) is 2. The maximum absolute atomic E-state index is 15.0. The third-order valence-corrected chi connectivity index (χ3v) is 5.70. The van der Waals surface area contributed by atoms with Gasteiger partial charge in [-0.15, -0.1) is 0 Å². The number of hydrogen-bond donors (Lipinski definition) is 3. The van der Waals surface area contributed by atoms with Crippen molar-refractivity contribution < 1.29 is 13.5 Å². The number of ether oxygens (including phenoxy) is 1. The van der Waals surface area contributed by atoms with Crippen molar-refractivity contribution in [3.8, 4) is 17.7 Å². The zero-order chi connectivity index (χ0) is 24.2. The molecule has 8 nitrogen and oxygen atoms in total. The first-order valence-electron chi connectivity index (χ1n) is 10.8. The van der Waals surface area contributed by atoms with E-state index in [0.717, 1.165) is 37.8 Å². The van der Waals surface area contributed by atoms with E-state index in [2.05, 4.69) is 31.7 Å². The van der Waals surface area contributed by atoms with Gasteiger partial charge in [-0.3, -0.25) is 4.90 Å². The Morgan fingerprint density at radius 1 is 1.35 bits per heavy atom. The van der Waals surface area contributed by atoms with Gasteiger partial charge in [0.15, 0.2) is 17.4 Å². The SMILES string of the molecule is C=C/C=C(/CN1CCNCC1)C(N)c1ncnc(Oc2cc(F)c3[nH]c(C)cc3c2F)c1C#N. The van der Waals surface area contributed by atoms with Crippen molar-refractivity contribution in [2.45, 2.75) is 13.0 Å². The van der Waals surface area contributed by atoms with Crippen molar-refractivity contribution in [3.05, 3.63) is 71.3 Å². The normalized spacial score (nSPS) is 15.8. The van der Waals surface area contributed by atoms with E-state index in [1.807, 2.05) is 6.07 Å². The van der Waals surface area contributed by atoms with Gasteiger partial charge in [-0.25, -0.2) is 18.7 Å². The van der Waals surface area contributed by atoms with Crippen molar-refractivity contribution >= 4 is 10.9 Å². The van der Waals surface area contributed by atoms with E-state index in [9.17, 15) is 9.65 Å². The smallest absolute Gasteiger partial charge is 0.240 e. The van der Waals surface area contributed by atoms with Gasteiger partial charge in [0.25, 0.3) is 0 Å². The molecule has 1 atom stereocenters. The molecular weight excluding hydrogens is 440 g/mol. The molecule has 2 aromatic heterocycles. The summed E-state index contributed by atoms with van der Waals surface area (Å²) in [5.41, 5.74) is 8.15. The highest BCUT2D eigenvalue weighted by Crippen LogP contribution is 2.34. The molecule has 1 unspecified atom stereocenters. The third-order valence-electron chi connectivity index (χ3n) is 5.70. The Hall–Kier alpha value is -3.65. The van der Waals surface area contributed by atoms with Crippen molar-refractivity contribution in [1.82, 2.24) is 25.2 Å². The Balaban J connectivity index is 1.68. The molecule has 0 radical (unpaired) electrons. The minimum Gasteiger partial charge on any atom is -0.434 e. The molecule has 1 saturated heterocycles. The highest BCUT2D eigenvalue weighted by atomic mass is 19.1. The number of nitriles is 1. The zero-order valence-corrected chi connectivity index (χ0v) is 18.7. The Kier molecular flexibility index (Phi) is 6.98. The molecule has 4 N–H and O–H groups in total. The fourth-order valence-electron chi connectivity index (χ4n) is 4.02. The average Bonchev–Trinajstić information content (AvgIpc) is 3.24. The van der Waals surface area contributed by atoms with E-state index in [1.54, 1.807) is 19.1 Å². The summed E-state index contributed by atoms with van der Waals surface area (Å²) in [6, 6.07) is 3.67. The van der Waals surface area contributed by atoms with Crippen LogP contribution in [0.2, 0.25) is 0 Å². The molecule has 3 heterocycles. The van der Waals surface area contributed by atoms with E-state index < -0.39 is 17.7 Å². The summed E-state index contributed by atoms with van der Waals surface area (Å²) in [5.74, 6) is -2.04. The lowest BCUT2D eigenvalue weighted by Crippen LogP contribution is -2.44. The number of fused-ring (bicyclic) bond motifs is 1. The van der Waals surface area contributed by atoms with E-state index in [0.29, 0.717) is 12.2 Å². The van der Waals surface area contributed by atoms with Gasteiger partial charge >= 0.3 is 0 Å². The second kappa shape index (κ2) is 10.1. The van der Waals surface area contributed by atoms with E-state index in [4.69, 9.17) is 10.5 Å². The Morgan fingerprint density at radius 2 is 2.12 bits per heavy atom. The third kappa shape index (κ3) is 4.68. The number of aromatic amines is 1. The number of nitrogens with zero attached hydrogens (tertiary/aromatic N) is 4. The summed E-state index contributed by atoms with van der Waals surface area (Å²) in [6.07, 6.45) is 4.62. The molecule has 0 spiro atoms. The zero-order valence-electron chi connectivity index (χ0n) is 18.7. The van der Waals surface area contributed by atoms with Gasteiger partial charge in [0, 0.05) is 49.9 Å². The maximum Gasteiger partial charge on any atom is 0.240 e. The molecule has 1 fully saturated rings. The summed E-state index contributed by atoms with van der Waals surface area (Å²) in [5, 5.41) is 13.2. The monoisotopic (exact) mass is 465 g/mol. The quantitative estimate of drug-likeness (QED) is 0.459. The minimum absolute atomic E-state index is 0.0420. The summed E-state index contributed by atoms with van der Waals surface area (Å²) < 4.78 is 35.2. The number of hydrogen-bond acceptors (Lipinski definition) is 7. The van der Waals surface area contributed by atoms with Crippen LogP contribution in [0.1, 0.15) is 23.0 Å². The van der Waals surface area contributed by atoms with E-state index in [-0.39, 0.29) is 33.8 Å². The minimum atomic E-state index is -0.764. The number of halogens is 2. The highest BCUT2D eigenvalue weighted by Gasteiger charge is 2.25. The molecule has 10 heteroatoms. The molecule has 0 amide bonds. The predicted octanol–water partition coefficient (Wildman–Crippen LogP) is 3.23. The molecule has 34 heavy (non-hydrogen) atoms. The highest BCUT2D eigenvalue weighted by molar-refractivity contribution is 5.83. The van der Waals surface area contributed by atoms with Crippen LogP contribution >= 0.6 is 0 Å². The number of aromatic nitrogens is 3. The lowest BCUT2D eigenvalue weighted by atomic mass is 9.99. The first kappa shape index (κ1) is 23.5. The van der Waals surface area contributed by atoms with Gasteiger partial charge in [0.1, 0.15) is 18.0 Å². The van der Waals surface area contributed by atoms with Gasteiger partial charge < -0.3 is 20.8 Å². The average molecular weight is 466 g/mol. The Bertz CT molecular complexity index is 1290. The summed E-state index contributed by atoms with van der Waals surface area (Å²) in [6.45, 7) is 9.49. The van der Waals surface area contributed by atoms with Crippen molar-refractivity contribution in [1.29, 1.82) is 5.26 Å². The van der Waals surface area contributed by atoms with Crippen LogP contribution in [0.5, 0.6) is 11.6 Å².